The number of benzene rings is 2. The van der Waals surface area contributed by atoms with Gasteiger partial charge in [0.15, 0.2) is 5.96 Å². The second-order valence-electron chi connectivity index (χ2n) is 7.39. The van der Waals surface area contributed by atoms with Crippen LogP contribution >= 0.6 is 24.0 Å². The summed E-state index contributed by atoms with van der Waals surface area (Å²) in [5.41, 5.74) is 1.63. The predicted octanol–water partition coefficient (Wildman–Crippen LogP) is 3.74. The van der Waals surface area contributed by atoms with Gasteiger partial charge in [-0.1, -0.05) is 48.5 Å². The average Bonchev–Trinajstić information content (AvgIpc) is 3.52. The van der Waals surface area contributed by atoms with Crippen molar-refractivity contribution in [3.63, 3.8) is 0 Å². The Morgan fingerprint density at radius 2 is 1.73 bits per heavy atom. The lowest BCUT2D eigenvalue weighted by atomic mass is 9.95. The Morgan fingerprint density at radius 1 is 1.03 bits per heavy atom. The van der Waals surface area contributed by atoms with Gasteiger partial charge >= 0.3 is 0 Å². The quantitative estimate of drug-likeness (QED) is 0.266. The van der Waals surface area contributed by atoms with E-state index in [0.717, 1.165) is 30.5 Å². The van der Waals surface area contributed by atoms with Crippen LogP contribution in [0.15, 0.2) is 59.6 Å². The highest BCUT2D eigenvalue weighted by atomic mass is 127. The number of aliphatic imine (C=N–C) groups is 1. The van der Waals surface area contributed by atoms with Crippen molar-refractivity contribution in [1.82, 2.24) is 16.0 Å². The second-order valence-corrected chi connectivity index (χ2v) is 7.39. The number of carbonyl (C=O) groups is 1. The van der Waals surface area contributed by atoms with Crippen molar-refractivity contribution in [1.29, 1.82) is 0 Å². The van der Waals surface area contributed by atoms with Crippen LogP contribution in [0.4, 0.5) is 4.39 Å². The van der Waals surface area contributed by atoms with Gasteiger partial charge in [0.2, 0.25) is 5.91 Å². The molecule has 0 spiro atoms. The number of rotatable bonds is 9. The molecule has 0 atom stereocenters. The van der Waals surface area contributed by atoms with E-state index in [2.05, 4.69) is 20.9 Å². The maximum Gasteiger partial charge on any atom is 0.222 e. The van der Waals surface area contributed by atoms with E-state index in [1.165, 1.54) is 6.07 Å². The third-order valence-electron chi connectivity index (χ3n) is 5.16. The van der Waals surface area contributed by atoms with Crippen LogP contribution in [0.3, 0.4) is 0 Å². The minimum Gasteiger partial charge on any atom is -0.357 e. The highest BCUT2D eigenvalue weighted by Gasteiger charge is 2.45. The minimum atomic E-state index is -0.194. The Labute approximate surface area is 195 Å². The van der Waals surface area contributed by atoms with Crippen LogP contribution in [0.2, 0.25) is 0 Å². The molecule has 0 saturated heterocycles. The Bertz CT molecular complexity index is 840. The molecule has 0 heterocycles. The molecule has 0 unspecified atom stereocenters. The number of halogens is 2. The summed E-state index contributed by atoms with van der Waals surface area (Å²) in [7, 11) is 0. The lowest BCUT2D eigenvalue weighted by Crippen LogP contribution is -2.39. The van der Waals surface area contributed by atoms with E-state index < -0.39 is 0 Å². The zero-order valence-corrected chi connectivity index (χ0v) is 19.6. The van der Waals surface area contributed by atoms with Crippen molar-refractivity contribution in [2.45, 2.75) is 38.1 Å². The van der Waals surface area contributed by atoms with Crippen molar-refractivity contribution in [3.05, 3.63) is 71.5 Å². The van der Waals surface area contributed by atoms with Crippen LogP contribution in [0.25, 0.3) is 0 Å². The van der Waals surface area contributed by atoms with Gasteiger partial charge in [0.1, 0.15) is 5.82 Å². The fourth-order valence-corrected chi connectivity index (χ4v) is 3.31. The summed E-state index contributed by atoms with van der Waals surface area (Å²) < 4.78 is 14.2. The van der Waals surface area contributed by atoms with Gasteiger partial charge in [0, 0.05) is 31.5 Å². The molecule has 3 N–H and O–H groups in total. The normalized spacial score (nSPS) is 14.4. The Kier molecular flexibility index (Phi) is 9.55. The van der Waals surface area contributed by atoms with Crippen molar-refractivity contribution in [3.8, 4) is 0 Å². The topological polar surface area (TPSA) is 65.5 Å². The van der Waals surface area contributed by atoms with Crippen LogP contribution in [0, 0.1) is 5.82 Å². The summed E-state index contributed by atoms with van der Waals surface area (Å²) in [6, 6.07) is 16.8. The number of nitrogens with one attached hydrogen (secondary N) is 3. The molecule has 0 bridgehead atoms. The SMILES string of the molecule is CCNC(=NCC1(c2ccccc2F)CC1)NCCC(=O)NCc1ccccc1.I. The Morgan fingerprint density at radius 3 is 2.40 bits per heavy atom. The maximum atomic E-state index is 14.2. The van der Waals surface area contributed by atoms with Gasteiger partial charge in [-0.25, -0.2) is 4.39 Å². The van der Waals surface area contributed by atoms with Gasteiger partial charge < -0.3 is 16.0 Å². The van der Waals surface area contributed by atoms with E-state index >= 15 is 0 Å². The monoisotopic (exact) mass is 524 g/mol. The van der Waals surface area contributed by atoms with E-state index in [1.54, 1.807) is 6.07 Å². The Balaban J connectivity index is 0.00000320. The summed E-state index contributed by atoms with van der Waals surface area (Å²) in [5.74, 6) is 0.487. The number of amides is 1. The first-order valence-corrected chi connectivity index (χ1v) is 10.2. The molecule has 1 fully saturated rings. The summed E-state index contributed by atoms with van der Waals surface area (Å²) >= 11 is 0. The predicted molar refractivity (Wildman–Crippen MR) is 130 cm³/mol. The molecule has 1 amide bonds. The van der Waals surface area contributed by atoms with Crippen LogP contribution in [-0.4, -0.2) is 31.5 Å². The molecular weight excluding hydrogens is 494 g/mol. The highest BCUT2D eigenvalue weighted by molar-refractivity contribution is 14.0. The fraction of sp³-hybridized carbons (Fsp3) is 0.391. The molecular formula is C23H30FIN4O. The zero-order chi connectivity index (χ0) is 20.5. The summed E-state index contributed by atoms with van der Waals surface area (Å²) in [6.45, 7) is 4.26. The van der Waals surface area contributed by atoms with Gasteiger partial charge in [-0.05, 0) is 37.0 Å². The van der Waals surface area contributed by atoms with Crippen LogP contribution in [0.5, 0.6) is 0 Å². The van der Waals surface area contributed by atoms with Crippen LogP contribution in [0.1, 0.15) is 37.3 Å². The molecule has 1 aliphatic rings. The third-order valence-corrected chi connectivity index (χ3v) is 5.16. The first-order chi connectivity index (χ1) is 14.1. The molecule has 0 aliphatic heterocycles. The molecule has 2 aromatic carbocycles. The average molecular weight is 524 g/mol. The van der Waals surface area contributed by atoms with Gasteiger partial charge in [0.25, 0.3) is 0 Å². The zero-order valence-electron chi connectivity index (χ0n) is 17.3. The second kappa shape index (κ2) is 11.9. The van der Waals surface area contributed by atoms with E-state index in [0.29, 0.717) is 32.0 Å². The highest BCUT2D eigenvalue weighted by Crippen LogP contribution is 2.49. The molecule has 7 heteroatoms. The van der Waals surface area contributed by atoms with Gasteiger partial charge in [-0.15, -0.1) is 24.0 Å². The molecule has 30 heavy (non-hydrogen) atoms. The van der Waals surface area contributed by atoms with E-state index in [4.69, 9.17) is 0 Å². The maximum absolute atomic E-state index is 14.2. The molecule has 3 rings (SSSR count). The van der Waals surface area contributed by atoms with Crippen molar-refractivity contribution in [2.24, 2.45) is 4.99 Å². The number of carbonyl (C=O) groups excluding carboxylic acids is 1. The number of hydrogen-bond donors (Lipinski definition) is 3. The lowest BCUT2D eigenvalue weighted by Gasteiger charge is -2.16. The van der Waals surface area contributed by atoms with Crippen LogP contribution in [-0.2, 0) is 16.8 Å². The molecule has 2 aromatic rings. The summed E-state index contributed by atoms with van der Waals surface area (Å²) in [6.07, 6.45) is 2.24. The minimum absolute atomic E-state index is 0. The number of nitrogens with zero attached hydrogens (tertiary/aromatic N) is 1. The summed E-state index contributed by atoms with van der Waals surface area (Å²) in [4.78, 5) is 16.7. The fourth-order valence-electron chi connectivity index (χ4n) is 3.31. The molecule has 5 nitrogen and oxygen atoms in total. The molecule has 1 aliphatic carbocycles. The van der Waals surface area contributed by atoms with E-state index in [9.17, 15) is 9.18 Å². The Hall–Kier alpha value is -2.16. The largest absolute Gasteiger partial charge is 0.357 e. The van der Waals surface area contributed by atoms with Crippen molar-refractivity contribution >= 4 is 35.8 Å². The first-order valence-electron chi connectivity index (χ1n) is 10.2. The van der Waals surface area contributed by atoms with E-state index in [1.807, 2.05) is 49.4 Å². The first kappa shape index (κ1) is 24.1. The van der Waals surface area contributed by atoms with Crippen molar-refractivity contribution in [2.75, 3.05) is 19.6 Å². The number of hydrogen-bond acceptors (Lipinski definition) is 2. The van der Waals surface area contributed by atoms with Crippen molar-refractivity contribution < 1.29 is 9.18 Å². The smallest absolute Gasteiger partial charge is 0.222 e. The molecule has 162 valence electrons. The molecule has 1 saturated carbocycles. The third kappa shape index (κ3) is 6.97. The van der Waals surface area contributed by atoms with E-state index in [-0.39, 0.29) is 41.1 Å². The van der Waals surface area contributed by atoms with Gasteiger partial charge in [-0.2, -0.15) is 0 Å². The molecule has 0 aromatic heterocycles. The number of guanidine groups is 1. The summed E-state index contributed by atoms with van der Waals surface area (Å²) in [5, 5.41) is 9.31. The lowest BCUT2D eigenvalue weighted by molar-refractivity contribution is -0.121. The van der Waals surface area contributed by atoms with Gasteiger partial charge in [0.05, 0.1) is 6.54 Å². The molecule has 0 radical (unpaired) electrons. The van der Waals surface area contributed by atoms with Gasteiger partial charge in [-0.3, -0.25) is 9.79 Å². The van der Waals surface area contributed by atoms with Crippen LogP contribution < -0.4 is 16.0 Å². The standard InChI is InChI=1S/C23H29FN4O.HI/c1-2-25-22(26-15-12-21(29)27-16-18-8-4-3-5-9-18)28-17-23(13-14-23)19-10-6-7-11-20(19)24;/h3-11H,2,12-17H2,1H3,(H,27,29)(H2,25,26,28);1H.